The lowest BCUT2D eigenvalue weighted by atomic mass is 10.1. The van der Waals surface area contributed by atoms with Gasteiger partial charge >= 0.3 is 5.97 Å². The van der Waals surface area contributed by atoms with Gasteiger partial charge in [0.2, 0.25) is 0 Å². The van der Waals surface area contributed by atoms with E-state index < -0.39 is 29.8 Å². The van der Waals surface area contributed by atoms with Crippen LogP contribution in [-0.2, 0) is 9.53 Å². The lowest BCUT2D eigenvalue weighted by Gasteiger charge is -2.24. The first-order valence-electron chi connectivity index (χ1n) is 8.69. The Morgan fingerprint density at radius 2 is 1.93 bits per heavy atom. The second-order valence-corrected chi connectivity index (χ2v) is 6.68. The third kappa shape index (κ3) is 4.52. The highest BCUT2D eigenvalue weighted by Gasteiger charge is 2.32. The summed E-state index contributed by atoms with van der Waals surface area (Å²) in [6, 6.07) is 14.2. The maximum absolute atomic E-state index is 13.0. The molecule has 1 aromatic heterocycles. The highest BCUT2D eigenvalue weighted by molar-refractivity contribution is 5.83. The molecule has 0 radical (unpaired) electrons. The highest BCUT2D eigenvalue weighted by atomic mass is 19.1. The van der Waals surface area contributed by atoms with Gasteiger partial charge in [-0.1, -0.05) is 12.1 Å². The van der Waals surface area contributed by atoms with Gasteiger partial charge in [0, 0.05) is 0 Å². The fraction of sp³-hybridized carbons (Fsp3) is 0.190. The van der Waals surface area contributed by atoms with Crippen molar-refractivity contribution in [2.45, 2.75) is 19.4 Å². The number of aromatic amines is 1. The zero-order chi connectivity index (χ0) is 21.0. The predicted molar refractivity (Wildman–Crippen MR) is 103 cm³/mol. The van der Waals surface area contributed by atoms with Gasteiger partial charge in [0.25, 0.3) is 0 Å². The molecule has 2 N–H and O–H groups in total. The van der Waals surface area contributed by atoms with Crippen LogP contribution in [0.2, 0.25) is 0 Å². The number of aliphatic hydroxyl groups excluding tert-OH is 1. The van der Waals surface area contributed by atoms with Crippen LogP contribution in [0.15, 0.2) is 54.3 Å². The summed E-state index contributed by atoms with van der Waals surface area (Å²) in [6.07, 6.45) is 0. The van der Waals surface area contributed by atoms with Gasteiger partial charge in [0.05, 0.1) is 11.0 Å². The molecule has 8 heteroatoms. The first-order valence-corrected chi connectivity index (χ1v) is 8.69. The van der Waals surface area contributed by atoms with Crippen LogP contribution < -0.4 is 4.74 Å². The number of para-hydroxylation sites is 2. The molecule has 148 valence electrons. The summed E-state index contributed by atoms with van der Waals surface area (Å²) < 4.78 is 23.6. The van der Waals surface area contributed by atoms with Gasteiger partial charge in [0.15, 0.2) is 17.2 Å². The minimum atomic E-state index is -1.40. The summed E-state index contributed by atoms with van der Waals surface area (Å²) in [6.45, 7) is 2.42. The largest absolute Gasteiger partial charge is 0.507 e. The Hall–Kier alpha value is -3.86. The molecule has 0 saturated carbocycles. The Kier molecular flexibility index (Phi) is 5.50. The van der Waals surface area contributed by atoms with Crippen molar-refractivity contribution in [2.75, 3.05) is 6.61 Å². The van der Waals surface area contributed by atoms with Crippen molar-refractivity contribution in [2.24, 2.45) is 0 Å². The number of benzene rings is 2. The molecule has 0 amide bonds. The number of rotatable bonds is 6. The average molecular weight is 395 g/mol. The number of carbonyl (C=O) groups excluding carboxylic acids is 1. The number of hydrogen-bond acceptors (Lipinski definition) is 6. The quantitative estimate of drug-likeness (QED) is 0.372. The summed E-state index contributed by atoms with van der Waals surface area (Å²) in [5.74, 6) is -1.19. The van der Waals surface area contributed by atoms with E-state index in [1.54, 1.807) is 18.2 Å². The van der Waals surface area contributed by atoms with Crippen LogP contribution in [0.4, 0.5) is 4.39 Å². The van der Waals surface area contributed by atoms with E-state index >= 15 is 0 Å². The number of hydrogen-bond donors (Lipinski definition) is 2. The van der Waals surface area contributed by atoms with E-state index in [9.17, 15) is 19.6 Å². The number of nitrogens with zero attached hydrogens (tertiary/aromatic N) is 2. The Balaban J connectivity index is 1.71. The Bertz CT molecular complexity index is 1080. The molecule has 0 bridgehead atoms. The van der Waals surface area contributed by atoms with Gasteiger partial charge in [0.1, 0.15) is 29.8 Å². The first kappa shape index (κ1) is 19.9. The van der Waals surface area contributed by atoms with Crippen molar-refractivity contribution in [1.82, 2.24) is 9.97 Å². The molecule has 3 rings (SSSR count). The number of halogens is 1. The van der Waals surface area contributed by atoms with Crippen LogP contribution in [0.1, 0.15) is 19.7 Å². The number of aliphatic hydroxyl groups is 1. The Labute approximate surface area is 166 Å². The van der Waals surface area contributed by atoms with E-state index in [0.717, 1.165) is 0 Å². The lowest BCUT2D eigenvalue weighted by Crippen LogP contribution is -2.40. The van der Waals surface area contributed by atoms with E-state index in [4.69, 9.17) is 9.47 Å². The molecule has 2 aromatic carbocycles. The molecular weight excluding hydrogens is 377 g/mol. The van der Waals surface area contributed by atoms with Gasteiger partial charge in [-0.25, -0.2) is 14.2 Å². The number of nitrogens with one attached hydrogen (secondary N) is 1. The van der Waals surface area contributed by atoms with E-state index in [1.165, 1.54) is 38.1 Å². The van der Waals surface area contributed by atoms with Crippen LogP contribution >= 0.6 is 0 Å². The number of ether oxygens (including phenoxy) is 2. The molecule has 0 fully saturated rings. The van der Waals surface area contributed by atoms with Crippen molar-refractivity contribution in [1.29, 1.82) is 5.26 Å². The summed E-state index contributed by atoms with van der Waals surface area (Å²) in [7, 11) is 0. The third-order valence-corrected chi connectivity index (χ3v) is 4.04. The first-order chi connectivity index (χ1) is 13.8. The normalized spacial score (nSPS) is 12.2. The zero-order valence-electron chi connectivity index (χ0n) is 15.8. The van der Waals surface area contributed by atoms with Gasteiger partial charge in [-0.2, -0.15) is 5.26 Å². The molecular formula is C21H18FN3O4. The molecule has 0 aliphatic heterocycles. The van der Waals surface area contributed by atoms with E-state index in [1.807, 2.05) is 12.1 Å². The second-order valence-electron chi connectivity index (χ2n) is 6.68. The molecule has 0 aliphatic rings. The number of H-pyrrole nitrogens is 1. The Morgan fingerprint density at radius 1 is 1.24 bits per heavy atom. The molecule has 3 aromatic rings. The number of nitriles is 1. The maximum Gasteiger partial charge on any atom is 0.350 e. The predicted octanol–water partition coefficient (Wildman–Crippen LogP) is 3.90. The number of allylic oxidation sites excluding steroid dienone is 1. The number of imidazole rings is 1. The Morgan fingerprint density at radius 3 is 2.59 bits per heavy atom. The summed E-state index contributed by atoms with van der Waals surface area (Å²) in [4.78, 5) is 19.6. The second kappa shape index (κ2) is 8.02. The smallest absolute Gasteiger partial charge is 0.350 e. The van der Waals surface area contributed by atoms with Gasteiger partial charge in [-0.3, -0.25) is 0 Å². The molecule has 0 spiro atoms. The van der Waals surface area contributed by atoms with E-state index in [2.05, 4.69) is 9.97 Å². The molecule has 0 saturated heterocycles. The average Bonchev–Trinajstić information content (AvgIpc) is 3.11. The van der Waals surface area contributed by atoms with Crippen LogP contribution in [0.3, 0.4) is 0 Å². The molecule has 0 unspecified atom stereocenters. The molecule has 0 aliphatic carbocycles. The molecule has 7 nitrogen and oxygen atoms in total. The van der Waals surface area contributed by atoms with Gasteiger partial charge in [-0.05, 0) is 50.2 Å². The number of aromatic nitrogens is 2. The van der Waals surface area contributed by atoms with Crippen LogP contribution in [0.5, 0.6) is 5.75 Å². The van der Waals surface area contributed by atoms with Crippen molar-refractivity contribution in [3.8, 4) is 11.8 Å². The van der Waals surface area contributed by atoms with Gasteiger partial charge < -0.3 is 19.6 Å². The maximum atomic E-state index is 13.0. The van der Waals surface area contributed by atoms with Crippen molar-refractivity contribution in [3.05, 3.63) is 65.9 Å². The molecule has 0 atom stereocenters. The number of fused-ring (bicyclic) bond motifs is 1. The number of carbonyl (C=O) groups is 1. The summed E-state index contributed by atoms with van der Waals surface area (Å²) >= 11 is 0. The van der Waals surface area contributed by atoms with Crippen LogP contribution in [0.25, 0.3) is 16.6 Å². The third-order valence-electron chi connectivity index (χ3n) is 4.04. The summed E-state index contributed by atoms with van der Waals surface area (Å²) in [5.41, 5.74) is -0.196. The molecule has 1 heterocycles. The van der Waals surface area contributed by atoms with Gasteiger partial charge in [-0.15, -0.1) is 0 Å². The van der Waals surface area contributed by atoms with E-state index in [0.29, 0.717) is 11.0 Å². The van der Waals surface area contributed by atoms with Crippen molar-refractivity contribution < 1.29 is 23.8 Å². The monoisotopic (exact) mass is 395 g/mol. The summed E-state index contributed by atoms with van der Waals surface area (Å²) in [5, 5.41) is 19.7. The number of esters is 1. The van der Waals surface area contributed by atoms with Crippen molar-refractivity contribution in [3.63, 3.8) is 0 Å². The molecule has 29 heavy (non-hydrogen) atoms. The standard InChI is InChI=1S/C21H18FN3O4/c1-21(2,29-14-9-7-13(22)8-10-14)20(27)28-12-18(26)15(11-23)19-24-16-5-3-4-6-17(16)25-19/h3-10,26H,12H2,1-2H3,(H,24,25)/b18-15-. The van der Waals surface area contributed by atoms with Crippen LogP contribution in [0, 0.1) is 17.1 Å². The highest BCUT2D eigenvalue weighted by Crippen LogP contribution is 2.22. The minimum Gasteiger partial charge on any atom is -0.507 e. The lowest BCUT2D eigenvalue weighted by molar-refractivity contribution is -0.158. The minimum absolute atomic E-state index is 0.133. The fourth-order valence-electron chi connectivity index (χ4n) is 2.54. The fourth-order valence-corrected chi connectivity index (χ4v) is 2.54. The zero-order valence-corrected chi connectivity index (χ0v) is 15.8. The topological polar surface area (TPSA) is 108 Å². The van der Waals surface area contributed by atoms with Crippen molar-refractivity contribution >= 4 is 22.6 Å². The SMILES string of the molecule is CC(C)(Oc1ccc(F)cc1)C(=O)OC/C(O)=C(\C#N)c1nc2ccccc2[nH]1. The van der Waals surface area contributed by atoms with Crippen LogP contribution in [-0.4, -0.2) is 33.3 Å². The van der Waals surface area contributed by atoms with E-state index in [-0.39, 0.29) is 17.1 Å².